The van der Waals surface area contributed by atoms with E-state index in [0.29, 0.717) is 0 Å². The van der Waals surface area contributed by atoms with Crippen LogP contribution in [-0.4, -0.2) is 28.4 Å². The summed E-state index contributed by atoms with van der Waals surface area (Å²) in [6.07, 6.45) is 6.81. The fourth-order valence-electron chi connectivity index (χ4n) is 1.66. The molecule has 16 heavy (non-hydrogen) atoms. The third-order valence-corrected chi connectivity index (χ3v) is 2.69. The molecule has 0 unspecified atom stereocenters. The van der Waals surface area contributed by atoms with Crippen molar-refractivity contribution in [2.45, 2.75) is 19.9 Å². The molecule has 1 aromatic rings. The van der Waals surface area contributed by atoms with E-state index in [2.05, 4.69) is 42.0 Å². The number of allylic oxidation sites excluding steroid dienone is 1. The summed E-state index contributed by atoms with van der Waals surface area (Å²) in [5.74, 6) is 0. The van der Waals surface area contributed by atoms with E-state index in [0.717, 1.165) is 25.6 Å². The van der Waals surface area contributed by atoms with E-state index in [1.54, 1.807) is 0 Å². The van der Waals surface area contributed by atoms with Crippen molar-refractivity contribution in [2.24, 2.45) is 0 Å². The molecular formula is C13H15BNO+. The Kier molecular flexibility index (Phi) is 3.35. The summed E-state index contributed by atoms with van der Waals surface area (Å²) in [6.45, 7) is 2.98. The molecule has 0 saturated carbocycles. The standard InChI is InChI=1S/C13H15BNO/c1-11-2-4-12(5-3-11)10-15-8-6-13(14-16)7-9-15/h2-6,8-9,16H,7,10H2,1H3/q+1. The predicted molar refractivity (Wildman–Crippen MR) is 67.9 cm³/mol. The minimum atomic E-state index is 0.791. The van der Waals surface area contributed by atoms with Crippen molar-refractivity contribution in [3.63, 3.8) is 0 Å². The van der Waals surface area contributed by atoms with Gasteiger partial charge in [-0.25, -0.2) is 0 Å². The van der Waals surface area contributed by atoms with Gasteiger partial charge < -0.3 is 0 Å². The van der Waals surface area contributed by atoms with Crippen LogP contribution in [0.5, 0.6) is 0 Å². The SMILES string of the molecule is Cc1ccc(C[N+]2=CC/C(=B/O)C=C2)cc1. The summed E-state index contributed by atoms with van der Waals surface area (Å²) < 4.78 is 2.14. The topological polar surface area (TPSA) is 23.2 Å². The van der Waals surface area contributed by atoms with Crippen molar-refractivity contribution < 1.29 is 9.60 Å². The molecule has 0 aliphatic carbocycles. The second-order valence-electron chi connectivity index (χ2n) is 4.06. The number of hydrogen-bond donors (Lipinski definition) is 1. The third kappa shape index (κ3) is 2.69. The molecule has 0 bridgehead atoms. The molecule has 1 heterocycles. The van der Waals surface area contributed by atoms with E-state index in [4.69, 9.17) is 5.02 Å². The van der Waals surface area contributed by atoms with Crippen LogP contribution < -0.4 is 0 Å². The van der Waals surface area contributed by atoms with Gasteiger partial charge in [-0.05, 0) is 0 Å². The molecule has 3 heteroatoms. The van der Waals surface area contributed by atoms with Crippen molar-refractivity contribution in [1.82, 2.24) is 0 Å². The van der Waals surface area contributed by atoms with Gasteiger partial charge in [0, 0.05) is 0 Å². The Morgan fingerprint density at radius 2 is 2.06 bits per heavy atom. The minimum absolute atomic E-state index is 0.791. The van der Waals surface area contributed by atoms with Crippen LogP contribution in [0.4, 0.5) is 0 Å². The van der Waals surface area contributed by atoms with E-state index in [1.807, 2.05) is 12.3 Å². The first-order valence-electron chi connectivity index (χ1n) is 5.44. The molecular weight excluding hydrogens is 197 g/mol. The molecule has 1 aliphatic rings. The first-order chi connectivity index (χ1) is 7.78. The number of nitrogens with zero attached hydrogens (tertiary/aromatic N) is 1. The van der Waals surface area contributed by atoms with E-state index in [9.17, 15) is 0 Å². The Morgan fingerprint density at radius 1 is 1.31 bits per heavy atom. The van der Waals surface area contributed by atoms with E-state index in [1.165, 1.54) is 11.1 Å². The summed E-state index contributed by atoms with van der Waals surface area (Å²) in [5.41, 5.74) is 3.52. The van der Waals surface area contributed by atoms with Gasteiger partial charge >= 0.3 is 96.0 Å². The molecule has 0 amide bonds. The fraction of sp³-hybridized carbons (Fsp3) is 0.231. The zero-order valence-electron chi connectivity index (χ0n) is 9.43. The molecule has 2 rings (SSSR count). The van der Waals surface area contributed by atoms with Crippen LogP contribution in [0.3, 0.4) is 0 Å². The average molecular weight is 212 g/mol. The first-order valence-corrected chi connectivity index (χ1v) is 5.44. The quantitative estimate of drug-likeness (QED) is 0.579. The van der Waals surface area contributed by atoms with E-state index < -0.39 is 0 Å². The summed E-state index contributed by atoms with van der Waals surface area (Å²) >= 11 is 0. The normalized spacial score (nSPS) is 17.1. The summed E-state index contributed by atoms with van der Waals surface area (Å²) in [5, 5.41) is 8.85. The second-order valence-corrected chi connectivity index (χ2v) is 4.06. The Bertz CT molecular complexity index is 457. The number of benzene rings is 1. The van der Waals surface area contributed by atoms with Gasteiger partial charge in [0.25, 0.3) is 0 Å². The summed E-state index contributed by atoms with van der Waals surface area (Å²) in [6, 6.07) is 8.55. The van der Waals surface area contributed by atoms with Gasteiger partial charge in [0.05, 0.1) is 0 Å². The molecule has 1 aliphatic heterocycles. The maximum absolute atomic E-state index is 8.85. The predicted octanol–water partition coefficient (Wildman–Crippen LogP) is 1.28. The Hall–Kier alpha value is -1.64. The maximum atomic E-state index is 8.85. The first kappa shape index (κ1) is 10.9. The van der Waals surface area contributed by atoms with Gasteiger partial charge in [0.2, 0.25) is 0 Å². The van der Waals surface area contributed by atoms with Gasteiger partial charge in [-0.2, -0.15) is 0 Å². The molecule has 0 atom stereocenters. The van der Waals surface area contributed by atoms with Crippen molar-refractivity contribution in [2.75, 3.05) is 0 Å². The zero-order chi connectivity index (χ0) is 11.4. The zero-order valence-corrected chi connectivity index (χ0v) is 9.43. The van der Waals surface area contributed by atoms with Crippen molar-refractivity contribution in [3.05, 3.63) is 47.7 Å². The van der Waals surface area contributed by atoms with Gasteiger partial charge in [-0.3, -0.25) is 0 Å². The molecule has 80 valence electrons. The Balaban J connectivity index is 2.04. The van der Waals surface area contributed by atoms with Crippen LogP contribution >= 0.6 is 0 Å². The van der Waals surface area contributed by atoms with E-state index in [-0.39, 0.29) is 0 Å². The molecule has 1 aromatic carbocycles. The second kappa shape index (κ2) is 4.93. The number of aryl methyl sites for hydroxylation is 1. The van der Waals surface area contributed by atoms with Crippen molar-refractivity contribution in [1.29, 1.82) is 0 Å². The van der Waals surface area contributed by atoms with E-state index >= 15 is 0 Å². The van der Waals surface area contributed by atoms with Crippen LogP contribution in [0.25, 0.3) is 0 Å². The van der Waals surface area contributed by atoms with Crippen molar-refractivity contribution >= 4 is 18.8 Å². The molecule has 0 aromatic heterocycles. The van der Waals surface area contributed by atoms with Crippen LogP contribution in [0.2, 0.25) is 0 Å². The van der Waals surface area contributed by atoms with Gasteiger partial charge in [-0.15, -0.1) is 0 Å². The Morgan fingerprint density at radius 3 is 2.62 bits per heavy atom. The average Bonchev–Trinajstić information content (AvgIpc) is 2.33. The van der Waals surface area contributed by atoms with Crippen LogP contribution in [0.15, 0.2) is 36.5 Å². The van der Waals surface area contributed by atoms with Gasteiger partial charge in [0.1, 0.15) is 0 Å². The Labute approximate surface area is 96.5 Å². The molecule has 0 radical (unpaired) electrons. The van der Waals surface area contributed by atoms with Crippen LogP contribution in [-0.2, 0) is 6.54 Å². The number of hydrogen-bond acceptors (Lipinski definition) is 1. The molecule has 0 fully saturated rings. The molecule has 2 nitrogen and oxygen atoms in total. The van der Waals surface area contributed by atoms with Gasteiger partial charge in [0.15, 0.2) is 0 Å². The summed E-state index contributed by atoms with van der Waals surface area (Å²) in [7, 11) is 1.16. The molecule has 0 saturated heterocycles. The van der Waals surface area contributed by atoms with Crippen molar-refractivity contribution in [3.8, 4) is 0 Å². The number of rotatable bonds is 2. The third-order valence-electron chi connectivity index (χ3n) is 2.69. The molecule has 1 N–H and O–H groups in total. The summed E-state index contributed by atoms with van der Waals surface area (Å²) in [4.78, 5) is 0. The van der Waals surface area contributed by atoms with Gasteiger partial charge in [-0.1, -0.05) is 0 Å². The molecule has 0 spiro atoms. The van der Waals surface area contributed by atoms with Crippen LogP contribution in [0, 0.1) is 6.92 Å². The fourth-order valence-corrected chi connectivity index (χ4v) is 1.66. The van der Waals surface area contributed by atoms with Crippen LogP contribution in [0.1, 0.15) is 17.5 Å². The monoisotopic (exact) mass is 212 g/mol.